The molecule has 0 aliphatic carbocycles. The zero-order valence-electron chi connectivity index (χ0n) is 16.1. The van der Waals surface area contributed by atoms with Gasteiger partial charge >= 0.3 is 0 Å². The van der Waals surface area contributed by atoms with Crippen molar-refractivity contribution in [3.05, 3.63) is 59.7 Å². The number of methoxy groups -OCH3 is 2. The summed E-state index contributed by atoms with van der Waals surface area (Å²) in [5.74, 6) is 0.330. The molecule has 0 aliphatic rings. The molecule has 7 nitrogen and oxygen atoms in total. The van der Waals surface area contributed by atoms with Crippen LogP contribution in [0.1, 0.15) is 22.3 Å². The molecule has 8 heteroatoms. The van der Waals surface area contributed by atoms with Gasteiger partial charge in [-0.1, -0.05) is 30.3 Å². The van der Waals surface area contributed by atoms with E-state index in [1.165, 1.54) is 19.8 Å². The van der Waals surface area contributed by atoms with Crippen LogP contribution in [0.2, 0.25) is 0 Å². The Morgan fingerprint density at radius 3 is 2.43 bits per heavy atom. The molecule has 2 rings (SSSR count). The van der Waals surface area contributed by atoms with Gasteiger partial charge in [-0.3, -0.25) is 4.79 Å². The van der Waals surface area contributed by atoms with Crippen LogP contribution >= 0.6 is 0 Å². The lowest BCUT2D eigenvalue weighted by Gasteiger charge is -2.11. The molecule has 2 aromatic rings. The number of hydrogen-bond acceptors (Lipinski definition) is 5. The number of rotatable bonds is 11. The van der Waals surface area contributed by atoms with Crippen LogP contribution in [0.4, 0.5) is 0 Å². The molecule has 0 aromatic heterocycles. The average Bonchev–Trinajstić information content (AvgIpc) is 2.71. The summed E-state index contributed by atoms with van der Waals surface area (Å²) < 4.78 is 37.0. The predicted octanol–water partition coefficient (Wildman–Crippen LogP) is 1.99. The molecule has 0 atom stereocenters. The molecule has 0 fully saturated rings. The molecule has 0 aliphatic heterocycles. The molecule has 0 spiro atoms. The van der Waals surface area contributed by atoms with Crippen LogP contribution in [-0.2, 0) is 16.4 Å². The molecule has 2 N–H and O–H groups in total. The number of hydrogen-bond donors (Lipinski definition) is 2. The molecule has 1 amide bonds. The van der Waals surface area contributed by atoms with Gasteiger partial charge in [0.2, 0.25) is 10.0 Å². The minimum Gasteiger partial charge on any atom is -0.497 e. The smallest absolute Gasteiger partial charge is 0.255 e. The van der Waals surface area contributed by atoms with E-state index in [-0.39, 0.29) is 12.3 Å². The van der Waals surface area contributed by atoms with E-state index in [1.54, 1.807) is 18.2 Å². The van der Waals surface area contributed by atoms with E-state index in [0.717, 1.165) is 6.42 Å². The van der Waals surface area contributed by atoms with Gasteiger partial charge in [0.25, 0.3) is 5.91 Å². The number of aryl methyl sites for hydroxylation is 1. The largest absolute Gasteiger partial charge is 0.497 e. The van der Waals surface area contributed by atoms with Crippen LogP contribution in [0.25, 0.3) is 0 Å². The number of amides is 1. The molecule has 0 bridgehead atoms. The highest BCUT2D eigenvalue weighted by atomic mass is 32.2. The third kappa shape index (κ3) is 6.86. The van der Waals surface area contributed by atoms with Gasteiger partial charge in [0.05, 0.1) is 25.5 Å². The minimum absolute atomic E-state index is 0.00202. The summed E-state index contributed by atoms with van der Waals surface area (Å²) in [7, 11) is -0.482. The Hall–Kier alpha value is -2.58. The van der Waals surface area contributed by atoms with Crippen molar-refractivity contribution in [2.45, 2.75) is 12.8 Å². The maximum Gasteiger partial charge on any atom is 0.255 e. The van der Waals surface area contributed by atoms with E-state index in [4.69, 9.17) is 9.47 Å². The van der Waals surface area contributed by atoms with Crippen molar-refractivity contribution >= 4 is 15.9 Å². The van der Waals surface area contributed by atoms with Gasteiger partial charge in [-0.05, 0) is 30.5 Å². The Kier molecular flexibility index (Phi) is 8.28. The summed E-state index contributed by atoms with van der Waals surface area (Å²) in [4.78, 5) is 12.3. The fourth-order valence-electron chi connectivity index (χ4n) is 2.62. The van der Waals surface area contributed by atoms with E-state index in [0.29, 0.717) is 30.0 Å². The monoisotopic (exact) mass is 406 g/mol. The molecule has 0 saturated carbocycles. The first-order valence-electron chi connectivity index (χ1n) is 8.96. The number of sulfonamides is 1. The summed E-state index contributed by atoms with van der Waals surface area (Å²) >= 11 is 0. The Balaban J connectivity index is 1.76. The summed E-state index contributed by atoms with van der Waals surface area (Å²) in [6.07, 6.45) is 1.51. The standard InChI is InChI=1S/C20H26N2O5S/c1-26-17-10-11-18(19(15-17)27-2)20(23)21-13-14-28(24,25)22-12-6-9-16-7-4-3-5-8-16/h3-5,7-8,10-11,15,22H,6,9,12-14H2,1-2H3,(H,21,23). The van der Waals surface area contributed by atoms with Crippen LogP contribution in [0.5, 0.6) is 11.5 Å². The normalized spacial score (nSPS) is 11.1. The van der Waals surface area contributed by atoms with E-state index in [9.17, 15) is 13.2 Å². The quantitative estimate of drug-likeness (QED) is 0.557. The first-order valence-corrected chi connectivity index (χ1v) is 10.6. The lowest BCUT2D eigenvalue weighted by Crippen LogP contribution is -2.35. The second kappa shape index (κ2) is 10.7. The Labute approximate surface area is 166 Å². The predicted molar refractivity (Wildman–Crippen MR) is 108 cm³/mol. The lowest BCUT2D eigenvalue weighted by molar-refractivity contribution is 0.0953. The van der Waals surface area contributed by atoms with Crippen LogP contribution in [0, 0.1) is 0 Å². The van der Waals surface area contributed by atoms with Crippen molar-refractivity contribution in [3.63, 3.8) is 0 Å². The van der Waals surface area contributed by atoms with Crippen LogP contribution in [0.15, 0.2) is 48.5 Å². The molecule has 2 aromatic carbocycles. The summed E-state index contributed by atoms with van der Waals surface area (Å²) in [6.45, 7) is 0.361. The topological polar surface area (TPSA) is 93.7 Å². The van der Waals surface area contributed by atoms with Gasteiger partial charge in [-0.15, -0.1) is 0 Å². The van der Waals surface area contributed by atoms with Crippen molar-refractivity contribution in [1.29, 1.82) is 0 Å². The number of benzene rings is 2. The second-order valence-electron chi connectivity index (χ2n) is 6.12. The third-order valence-corrected chi connectivity index (χ3v) is 5.50. The molecule has 28 heavy (non-hydrogen) atoms. The van der Waals surface area contributed by atoms with E-state index in [2.05, 4.69) is 10.0 Å². The molecular weight excluding hydrogens is 380 g/mol. The van der Waals surface area contributed by atoms with Crippen molar-refractivity contribution in [1.82, 2.24) is 10.0 Å². The fourth-order valence-corrected chi connectivity index (χ4v) is 3.59. The van der Waals surface area contributed by atoms with Crippen molar-refractivity contribution in [3.8, 4) is 11.5 Å². The molecule has 0 unspecified atom stereocenters. The summed E-state index contributed by atoms with van der Waals surface area (Å²) in [5.41, 5.74) is 1.49. The minimum atomic E-state index is -3.46. The highest BCUT2D eigenvalue weighted by Gasteiger charge is 2.15. The van der Waals surface area contributed by atoms with Gasteiger partial charge in [0.1, 0.15) is 11.5 Å². The first-order chi connectivity index (χ1) is 13.4. The molecular formula is C20H26N2O5S. The number of carbonyl (C=O) groups is 1. The highest BCUT2D eigenvalue weighted by molar-refractivity contribution is 7.89. The third-order valence-electron chi connectivity index (χ3n) is 4.12. The van der Waals surface area contributed by atoms with Gasteiger partial charge < -0.3 is 14.8 Å². The van der Waals surface area contributed by atoms with Crippen LogP contribution in [0.3, 0.4) is 0 Å². The maximum atomic E-state index is 12.3. The van der Waals surface area contributed by atoms with Gasteiger partial charge in [0, 0.05) is 19.2 Å². The zero-order valence-corrected chi connectivity index (χ0v) is 16.9. The Bertz CT molecular complexity index is 869. The zero-order chi connectivity index (χ0) is 20.4. The van der Waals surface area contributed by atoms with E-state index in [1.807, 2.05) is 30.3 Å². The molecule has 152 valence electrons. The van der Waals surface area contributed by atoms with Crippen molar-refractivity contribution in [2.24, 2.45) is 0 Å². The maximum absolute atomic E-state index is 12.3. The number of ether oxygens (including phenoxy) is 2. The highest BCUT2D eigenvalue weighted by Crippen LogP contribution is 2.24. The number of nitrogens with one attached hydrogen (secondary N) is 2. The SMILES string of the molecule is COc1ccc(C(=O)NCCS(=O)(=O)NCCCc2ccccc2)c(OC)c1. The van der Waals surface area contributed by atoms with Crippen LogP contribution < -0.4 is 19.5 Å². The first kappa shape index (κ1) is 21.7. The summed E-state index contributed by atoms with van der Waals surface area (Å²) in [5, 5.41) is 2.60. The lowest BCUT2D eigenvalue weighted by atomic mass is 10.1. The average molecular weight is 407 g/mol. The fraction of sp³-hybridized carbons (Fsp3) is 0.350. The molecule has 0 heterocycles. The van der Waals surface area contributed by atoms with Crippen LogP contribution in [-0.4, -0.2) is 47.4 Å². The van der Waals surface area contributed by atoms with Gasteiger partial charge in [0.15, 0.2) is 0 Å². The van der Waals surface area contributed by atoms with E-state index >= 15 is 0 Å². The second-order valence-corrected chi connectivity index (χ2v) is 8.05. The van der Waals surface area contributed by atoms with Crippen molar-refractivity contribution < 1.29 is 22.7 Å². The molecule has 0 radical (unpaired) electrons. The Morgan fingerprint density at radius 2 is 1.75 bits per heavy atom. The van der Waals surface area contributed by atoms with Crippen molar-refractivity contribution in [2.75, 3.05) is 33.1 Å². The van der Waals surface area contributed by atoms with Gasteiger partial charge in [-0.2, -0.15) is 0 Å². The number of carbonyl (C=O) groups excluding carboxylic acids is 1. The Morgan fingerprint density at radius 1 is 1.00 bits per heavy atom. The van der Waals surface area contributed by atoms with E-state index < -0.39 is 15.9 Å². The summed E-state index contributed by atoms with van der Waals surface area (Å²) in [6, 6.07) is 14.7. The molecule has 0 saturated heterocycles. The van der Waals surface area contributed by atoms with Gasteiger partial charge in [-0.25, -0.2) is 13.1 Å².